The van der Waals surface area contributed by atoms with Gasteiger partial charge in [0.05, 0.1) is 28.9 Å². The van der Waals surface area contributed by atoms with Crippen molar-refractivity contribution in [2.45, 2.75) is 24.9 Å². The average molecular weight is 537 g/mol. The van der Waals surface area contributed by atoms with Crippen LogP contribution in [-0.4, -0.2) is 18.6 Å². The largest absolute Gasteiger partial charge is 0.455 e. The number of aryl methyl sites for hydroxylation is 1. The van der Waals surface area contributed by atoms with Gasteiger partial charge in [0.25, 0.3) is 10.0 Å². The molecule has 1 atom stereocenters. The molecule has 3 heterocycles. The maximum Gasteiger partial charge on any atom is 0.257 e. The van der Waals surface area contributed by atoms with Gasteiger partial charge in [0.1, 0.15) is 22.8 Å². The van der Waals surface area contributed by atoms with Crippen LogP contribution < -0.4 is 15.9 Å². The number of fused-ring (bicyclic) bond motifs is 1. The third kappa shape index (κ3) is 4.74. The Bertz CT molecular complexity index is 1790. The molecule has 0 bridgehead atoms. The van der Waals surface area contributed by atoms with Crippen LogP contribution in [-0.2, 0) is 10.0 Å². The van der Waals surface area contributed by atoms with Gasteiger partial charge in [-0.1, -0.05) is 53.2 Å². The van der Waals surface area contributed by atoms with E-state index in [1.807, 2.05) is 50.2 Å². The Hall–Kier alpha value is -3.99. The highest BCUT2D eigenvalue weighted by Crippen LogP contribution is 2.36. The summed E-state index contributed by atoms with van der Waals surface area (Å²) in [7, 11) is -4.16. The Morgan fingerprint density at radius 1 is 1.08 bits per heavy atom. The van der Waals surface area contributed by atoms with Crippen LogP contribution in [0.2, 0.25) is 5.15 Å². The highest BCUT2D eigenvalue weighted by molar-refractivity contribution is 7.89. The summed E-state index contributed by atoms with van der Waals surface area (Å²) in [6, 6.07) is 15.3. The Kier molecular flexibility index (Phi) is 6.32. The fraction of sp³-hybridized carbons (Fsp3) is 0.115. The number of halogens is 1. The number of benzene rings is 2. The predicted molar refractivity (Wildman–Crippen MR) is 141 cm³/mol. The Morgan fingerprint density at radius 3 is 2.51 bits per heavy atom. The van der Waals surface area contributed by atoms with Crippen molar-refractivity contribution in [1.82, 2.24) is 10.1 Å². The first-order valence-electron chi connectivity index (χ1n) is 11.2. The molecule has 0 aliphatic rings. The van der Waals surface area contributed by atoms with Gasteiger partial charge in [0.15, 0.2) is 5.03 Å². The van der Waals surface area contributed by atoms with E-state index >= 15 is 0 Å². The first-order chi connectivity index (χ1) is 17.6. The number of aromatic nitrogens is 2. The average Bonchev–Trinajstić information content (AvgIpc) is 3.39. The van der Waals surface area contributed by atoms with Crippen molar-refractivity contribution in [3.8, 4) is 22.5 Å². The molecule has 3 N–H and O–H groups in total. The number of nitrogens with one attached hydrogen (secondary N) is 1. The lowest BCUT2D eigenvalue weighted by Crippen LogP contribution is -2.18. The van der Waals surface area contributed by atoms with E-state index in [0.29, 0.717) is 39.0 Å². The summed E-state index contributed by atoms with van der Waals surface area (Å²) >= 11 is 5.91. The first-order valence-corrected chi connectivity index (χ1v) is 13.1. The van der Waals surface area contributed by atoms with Crippen molar-refractivity contribution >= 4 is 38.3 Å². The SMILES string of the molecule is Cc1cc([C@@H](C)Nc2ccc(Cl)nc2S(N)(=O)=O)c2oc(-c3ccccc3)c(-c3cnoc3)c(=O)c2c1. The highest BCUT2D eigenvalue weighted by Gasteiger charge is 2.24. The summed E-state index contributed by atoms with van der Waals surface area (Å²) < 4.78 is 35.7. The van der Waals surface area contributed by atoms with Crippen LogP contribution in [0.3, 0.4) is 0 Å². The van der Waals surface area contributed by atoms with E-state index in [2.05, 4.69) is 15.5 Å². The molecule has 0 fully saturated rings. The quantitative estimate of drug-likeness (QED) is 0.279. The van der Waals surface area contributed by atoms with Crippen molar-refractivity contribution < 1.29 is 17.4 Å². The summed E-state index contributed by atoms with van der Waals surface area (Å²) in [6.07, 6.45) is 2.86. The van der Waals surface area contributed by atoms with Crippen LogP contribution in [0.1, 0.15) is 24.1 Å². The molecule has 0 saturated heterocycles. The Balaban J connectivity index is 1.74. The highest BCUT2D eigenvalue weighted by atomic mass is 35.5. The summed E-state index contributed by atoms with van der Waals surface area (Å²) in [5, 5.41) is 12.2. The maximum absolute atomic E-state index is 13.9. The first kappa shape index (κ1) is 24.7. The molecule has 3 aromatic heterocycles. The van der Waals surface area contributed by atoms with Crippen molar-refractivity contribution in [3.05, 3.63) is 93.6 Å². The zero-order chi connectivity index (χ0) is 26.3. The van der Waals surface area contributed by atoms with E-state index in [1.165, 1.54) is 24.6 Å². The van der Waals surface area contributed by atoms with Crippen molar-refractivity contribution in [1.29, 1.82) is 0 Å². The fourth-order valence-electron chi connectivity index (χ4n) is 4.24. The molecular weight excluding hydrogens is 516 g/mol. The molecule has 188 valence electrons. The second-order valence-electron chi connectivity index (χ2n) is 8.54. The summed E-state index contributed by atoms with van der Waals surface area (Å²) in [6.45, 7) is 3.67. The molecule has 37 heavy (non-hydrogen) atoms. The van der Waals surface area contributed by atoms with Gasteiger partial charge in [0, 0.05) is 16.7 Å². The van der Waals surface area contributed by atoms with Gasteiger partial charge in [-0.3, -0.25) is 4.79 Å². The molecular formula is C26H21ClN4O5S. The van der Waals surface area contributed by atoms with Crippen LogP contribution >= 0.6 is 11.6 Å². The summed E-state index contributed by atoms with van der Waals surface area (Å²) in [5.41, 5.74) is 3.24. The zero-order valence-electron chi connectivity index (χ0n) is 19.7. The lowest BCUT2D eigenvalue weighted by molar-refractivity contribution is 0.420. The molecule has 2 aromatic carbocycles. The number of hydrogen-bond donors (Lipinski definition) is 2. The van der Waals surface area contributed by atoms with E-state index in [1.54, 1.807) is 6.07 Å². The minimum atomic E-state index is -4.16. The molecule has 9 nitrogen and oxygen atoms in total. The number of nitrogens with zero attached hydrogens (tertiary/aromatic N) is 2. The molecule has 5 aromatic rings. The fourth-order valence-corrected chi connectivity index (χ4v) is 5.09. The molecule has 0 aliphatic heterocycles. The molecule has 0 saturated carbocycles. The predicted octanol–water partition coefficient (Wildman–Crippen LogP) is 5.29. The second-order valence-corrected chi connectivity index (χ2v) is 10.4. The van der Waals surface area contributed by atoms with Crippen molar-refractivity contribution in [2.24, 2.45) is 5.14 Å². The van der Waals surface area contributed by atoms with Crippen LogP contribution in [0.5, 0.6) is 0 Å². The molecule has 0 unspecified atom stereocenters. The van der Waals surface area contributed by atoms with E-state index in [0.717, 1.165) is 5.56 Å². The lowest BCUT2D eigenvalue weighted by atomic mass is 9.96. The number of hydrogen-bond acceptors (Lipinski definition) is 8. The molecule has 0 aliphatic carbocycles. The van der Waals surface area contributed by atoms with E-state index in [4.69, 9.17) is 25.7 Å². The van der Waals surface area contributed by atoms with Crippen LogP contribution in [0.25, 0.3) is 33.4 Å². The third-order valence-electron chi connectivity index (χ3n) is 5.86. The number of primary sulfonamides is 1. The number of pyridine rings is 1. The van der Waals surface area contributed by atoms with Gasteiger partial charge in [-0.15, -0.1) is 0 Å². The van der Waals surface area contributed by atoms with Gasteiger partial charge < -0.3 is 14.3 Å². The zero-order valence-corrected chi connectivity index (χ0v) is 21.3. The minimum absolute atomic E-state index is 0.0111. The van der Waals surface area contributed by atoms with Crippen LogP contribution in [0.15, 0.2) is 85.8 Å². The Morgan fingerprint density at radius 2 is 1.84 bits per heavy atom. The van der Waals surface area contributed by atoms with Gasteiger partial charge in [-0.2, -0.15) is 0 Å². The maximum atomic E-state index is 13.9. The summed E-state index contributed by atoms with van der Waals surface area (Å²) in [4.78, 5) is 17.7. The molecule has 0 amide bonds. The topological polar surface area (TPSA) is 141 Å². The lowest BCUT2D eigenvalue weighted by Gasteiger charge is -2.20. The monoisotopic (exact) mass is 536 g/mol. The summed E-state index contributed by atoms with van der Waals surface area (Å²) in [5.74, 6) is 0.358. The van der Waals surface area contributed by atoms with Crippen LogP contribution in [0.4, 0.5) is 5.69 Å². The molecule has 11 heteroatoms. The molecule has 0 spiro atoms. The normalized spacial score (nSPS) is 12.5. The van der Waals surface area contributed by atoms with E-state index < -0.39 is 16.1 Å². The number of nitrogens with two attached hydrogens (primary N) is 1. The van der Waals surface area contributed by atoms with Gasteiger partial charge >= 0.3 is 0 Å². The van der Waals surface area contributed by atoms with Gasteiger partial charge in [0.2, 0.25) is 5.43 Å². The molecule has 5 rings (SSSR count). The Labute approximate surface area is 216 Å². The minimum Gasteiger partial charge on any atom is -0.455 e. The number of sulfonamides is 1. The van der Waals surface area contributed by atoms with E-state index in [-0.39, 0.29) is 21.3 Å². The van der Waals surface area contributed by atoms with Gasteiger partial charge in [-0.05, 0) is 37.6 Å². The molecule has 0 radical (unpaired) electrons. The van der Waals surface area contributed by atoms with Gasteiger partial charge in [-0.25, -0.2) is 18.5 Å². The van der Waals surface area contributed by atoms with E-state index in [9.17, 15) is 13.2 Å². The number of rotatable bonds is 6. The smallest absolute Gasteiger partial charge is 0.257 e. The van der Waals surface area contributed by atoms with Crippen molar-refractivity contribution in [2.75, 3.05) is 5.32 Å². The standard InChI is InChI=1S/C26H21ClN4O5S/c1-14-10-18(15(2)30-20-8-9-21(27)31-26(20)37(28,33)34)25-19(11-14)23(32)22(17-12-29-35-13-17)24(36-25)16-6-4-3-5-7-16/h3-13,15,30H,1-2H3,(H2,28,33,34)/t15-/m1/s1. The number of anilines is 1. The second kappa shape index (κ2) is 9.47. The van der Waals surface area contributed by atoms with Crippen LogP contribution in [0, 0.1) is 6.92 Å². The third-order valence-corrected chi connectivity index (χ3v) is 6.92. The van der Waals surface area contributed by atoms with Crippen molar-refractivity contribution in [3.63, 3.8) is 0 Å².